The number of nitrogens with two attached hydrogens (primary N) is 1. The van der Waals surface area contributed by atoms with E-state index >= 15 is 0 Å². The number of hydrogen-bond donors (Lipinski definition) is 4. The van der Waals surface area contributed by atoms with E-state index in [-0.39, 0.29) is 22.9 Å². The Morgan fingerprint density at radius 3 is 2.94 bits per heavy atom. The quantitative estimate of drug-likeness (QED) is 0.166. The van der Waals surface area contributed by atoms with E-state index in [0.29, 0.717) is 17.9 Å². The van der Waals surface area contributed by atoms with Crippen LogP contribution < -0.4 is 15.6 Å². The zero-order chi connectivity index (χ0) is 23.7. The van der Waals surface area contributed by atoms with E-state index in [4.69, 9.17) is 10.6 Å². The normalized spacial score (nSPS) is 20.2. The molecule has 5 N–H and O–H groups in total. The average Bonchev–Trinajstić information content (AvgIpc) is 3.21. The summed E-state index contributed by atoms with van der Waals surface area (Å²) in [6.45, 7) is 2.14. The van der Waals surface area contributed by atoms with Crippen molar-refractivity contribution in [3.8, 4) is 0 Å². The summed E-state index contributed by atoms with van der Waals surface area (Å²) in [4.78, 5) is 47.8. The average molecular weight is 473 g/mol. The molecule has 13 nitrogen and oxygen atoms in total. The number of nitrogens with one attached hydrogen (secondary N) is 2. The van der Waals surface area contributed by atoms with Crippen LogP contribution in [0.4, 0.5) is 5.82 Å². The Morgan fingerprint density at radius 2 is 2.30 bits per heavy atom. The predicted octanol–water partition coefficient (Wildman–Crippen LogP) is -1.23. The number of aromatic amines is 1. The van der Waals surface area contributed by atoms with Crippen molar-refractivity contribution in [1.82, 2.24) is 25.4 Å². The molecule has 2 amide bonds. The fourth-order valence-corrected chi connectivity index (χ4v) is 4.98. The van der Waals surface area contributed by atoms with Gasteiger partial charge >= 0.3 is 5.97 Å². The molecule has 0 bridgehead atoms. The number of hydrogen-bond acceptors (Lipinski definition) is 9. The number of β-lactam (4-membered cyclic amide) rings is 1. The molecule has 2 aromatic heterocycles. The molecule has 1 saturated heterocycles. The fraction of sp³-hybridized carbons (Fsp3) is 0.316. The highest BCUT2D eigenvalue weighted by molar-refractivity contribution is 8.00. The molecule has 2 aromatic rings. The van der Waals surface area contributed by atoms with Crippen LogP contribution in [0.2, 0.25) is 0 Å². The van der Waals surface area contributed by atoms with Gasteiger partial charge in [-0.1, -0.05) is 5.16 Å². The number of aromatic nitrogens is 4. The predicted molar refractivity (Wildman–Crippen MR) is 115 cm³/mol. The van der Waals surface area contributed by atoms with E-state index in [1.807, 2.05) is 11.5 Å². The first kappa shape index (κ1) is 22.3. The number of carbonyl (C=O) groups is 3. The highest BCUT2D eigenvalue weighted by Gasteiger charge is 2.54. The topological polar surface area (TPSA) is 180 Å². The third kappa shape index (κ3) is 4.24. The van der Waals surface area contributed by atoms with Gasteiger partial charge in [-0.2, -0.15) is 9.67 Å². The number of anilines is 1. The Kier molecular flexibility index (Phi) is 6.00. The summed E-state index contributed by atoms with van der Waals surface area (Å²) in [6.07, 6.45) is 5.15. The molecule has 4 rings (SSSR count). The monoisotopic (exact) mass is 473 g/mol. The third-order valence-corrected chi connectivity index (χ3v) is 6.39. The number of H-pyrrole nitrogens is 1. The van der Waals surface area contributed by atoms with Crippen LogP contribution in [0.5, 0.6) is 0 Å². The summed E-state index contributed by atoms with van der Waals surface area (Å²) in [7, 11) is 1.27. The van der Waals surface area contributed by atoms with Gasteiger partial charge in [0.05, 0.1) is 11.9 Å². The van der Waals surface area contributed by atoms with E-state index in [0.717, 1.165) is 5.69 Å². The molecule has 4 heterocycles. The van der Waals surface area contributed by atoms with Gasteiger partial charge < -0.3 is 21.0 Å². The van der Waals surface area contributed by atoms with Gasteiger partial charge in [-0.25, -0.2) is 9.78 Å². The summed E-state index contributed by atoms with van der Waals surface area (Å²) in [5, 5.41) is 21.9. The van der Waals surface area contributed by atoms with Crippen molar-refractivity contribution in [3.63, 3.8) is 0 Å². The maximum absolute atomic E-state index is 12.9. The number of nitrogens with zero attached hydrogens (tertiary/aromatic N) is 5. The molecule has 1 unspecified atom stereocenters. The molecule has 1 fully saturated rings. The van der Waals surface area contributed by atoms with E-state index < -0.39 is 29.2 Å². The number of carbonyl (C=O) groups excluding carboxylic acids is 2. The number of carboxylic acid groups (broad SMARTS) is 1. The van der Waals surface area contributed by atoms with Gasteiger partial charge in [0.2, 0.25) is 0 Å². The van der Waals surface area contributed by atoms with E-state index in [9.17, 15) is 19.5 Å². The number of rotatable bonds is 7. The molecule has 2 atom stereocenters. The summed E-state index contributed by atoms with van der Waals surface area (Å²) in [6, 6.07) is 0.481. The second kappa shape index (κ2) is 8.90. The second-order valence-electron chi connectivity index (χ2n) is 7.32. The number of oxime groups is 1. The Balaban J connectivity index is 1.54. The molecule has 0 radical (unpaired) electrons. The summed E-state index contributed by atoms with van der Waals surface area (Å²) < 4.78 is 1.81. The number of carboxylic acids is 1. The van der Waals surface area contributed by atoms with Crippen LogP contribution in [0.15, 0.2) is 41.1 Å². The first-order valence-electron chi connectivity index (χ1n) is 9.75. The Morgan fingerprint density at radius 1 is 1.52 bits per heavy atom. The smallest absolute Gasteiger partial charge is 0.352 e. The van der Waals surface area contributed by atoms with Crippen LogP contribution in [-0.2, 0) is 25.8 Å². The fourth-order valence-electron chi connectivity index (χ4n) is 3.65. The van der Waals surface area contributed by atoms with Crippen LogP contribution in [0.25, 0.3) is 0 Å². The van der Waals surface area contributed by atoms with Crippen molar-refractivity contribution in [2.45, 2.75) is 24.9 Å². The SMILES string of the molecule is CO/N=C(\C(=O)NC1C(=O)N2C(C(=O)O)=C(C[n+]3ccnc(C)c3)CS[C@H]12)c1cc(N)n[nH]1. The number of thioether (sulfide) groups is 1. The third-order valence-electron chi connectivity index (χ3n) is 5.05. The molecule has 0 aromatic carbocycles. The molecule has 0 aliphatic carbocycles. The van der Waals surface area contributed by atoms with Gasteiger partial charge in [0, 0.05) is 17.4 Å². The highest BCUT2D eigenvalue weighted by Crippen LogP contribution is 2.40. The van der Waals surface area contributed by atoms with Crippen molar-refractivity contribution in [2.75, 3.05) is 18.6 Å². The highest BCUT2D eigenvalue weighted by atomic mass is 32.2. The Hall–Kier alpha value is -3.94. The minimum Gasteiger partial charge on any atom is -0.477 e. The molecule has 2 aliphatic rings. The van der Waals surface area contributed by atoms with Crippen LogP contribution in [0, 0.1) is 6.92 Å². The van der Waals surface area contributed by atoms with Gasteiger partial charge in [0.15, 0.2) is 24.7 Å². The molecule has 14 heteroatoms. The number of fused-ring (bicyclic) bond motifs is 1. The van der Waals surface area contributed by atoms with Crippen LogP contribution in [0.3, 0.4) is 0 Å². The van der Waals surface area contributed by atoms with Gasteiger partial charge in [0.1, 0.15) is 35.7 Å². The molecular weight excluding hydrogens is 452 g/mol. The van der Waals surface area contributed by atoms with Crippen LogP contribution in [0.1, 0.15) is 11.4 Å². The summed E-state index contributed by atoms with van der Waals surface area (Å²) in [5.41, 5.74) is 6.96. The number of aryl methyl sites for hydroxylation is 1. The molecule has 2 aliphatic heterocycles. The second-order valence-corrected chi connectivity index (χ2v) is 8.42. The largest absolute Gasteiger partial charge is 0.477 e. The van der Waals surface area contributed by atoms with Gasteiger partial charge in [-0.3, -0.25) is 19.6 Å². The minimum absolute atomic E-state index is 0.0664. The van der Waals surface area contributed by atoms with Gasteiger partial charge in [-0.15, -0.1) is 11.8 Å². The zero-order valence-electron chi connectivity index (χ0n) is 17.7. The van der Waals surface area contributed by atoms with E-state index in [1.54, 1.807) is 18.6 Å². The van der Waals surface area contributed by atoms with E-state index in [2.05, 4.69) is 25.7 Å². The summed E-state index contributed by atoms with van der Waals surface area (Å²) in [5.74, 6) is -1.87. The van der Waals surface area contributed by atoms with Crippen LogP contribution in [-0.4, -0.2) is 73.0 Å². The number of aliphatic carboxylic acids is 1. The van der Waals surface area contributed by atoms with Crippen molar-refractivity contribution in [3.05, 3.63) is 47.3 Å². The van der Waals surface area contributed by atoms with Gasteiger partial charge in [-0.05, 0) is 6.92 Å². The lowest BCUT2D eigenvalue weighted by atomic mass is 10.0. The minimum atomic E-state index is -1.20. The lowest BCUT2D eigenvalue weighted by molar-refractivity contribution is -0.689. The van der Waals surface area contributed by atoms with Crippen molar-refractivity contribution < 1.29 is 28.9 Å². The Labute approximate surface area is 191 Å². The molecule has 0 saturated carbocycles. The van der Waals surface area contributed by atoms with Gasteiger partial charge in [0.25, 0.3) is 11.8 Å². The lowest BCUT2D eigenvalue weighted by Crippen LogP contribution is -2.71. The zero-order valence-corrected chi connectivity index (χ0v) is 18.5. The van der Waals surface area contributed by atoms with E-state index in [1.165, 1.54) is 29.8 Å². The molecule has 172 valence electrons. The van der Waals surface area contributed by atoms with Crippen molar-refractivity contribution >= 4 is 41.1 Å². The number of amides is 2. The summed E-state index contributed by atoms with van der Waals surface area (Å²) >= 11 is 1.37. The van der Waals surface area contributed by atoms with Crippen molar-refractivity contribution in [2.24, 2.45) is 5.16 Å². The first-order valence-corrected chi connectivity index (χ1v) is 10.8. The number of nitrogen functional groups attached to an aromatic ring is 1. The molecule has 0 spiro atoms. The van der Waals surface area contributed by atoms with Crippen LogP contribution >= 0.6 is 11.8 Å². The first-order chi connectivity index (χ1) is 15.8. The maximum atomic E-state index is 12.9. The van der Waals surface area contributed by atoms with Crippen molar-refractivity contribution in [1.29, 1.82) is 0 Å². The maximum Gasteiger partial charge on any atom is 0.352 e. The lowest BCUT2D eigenvalue weighted by Gasteiger charge is -2.49. The molecule has 33 heavy (non-hydrogen) atoms. The standard InChI is InChI=1S/C19H20N8O5S/c1-9-6-26(4-3-21-9)7-10-8-33-18-14(17(29)27(18)15(10)19(30)31)22-16(28)13(25-32-2)11-5-12(20)24-23-11/h3-6,14,18,20-21H,7-8H2,1-2H3,(H2,22,28,30,31)/p+1/b25-13-/t14?,18-/m1/s1. The molecular formula is C19H21N8O5S+. The Bertz CT molecular complexity index is 1190.